The van der Waals surface area contributed by atoms with Gasteiger partial charge in [-0.1, -0.05) is 18.2 Å². The van der Waals surface area contributed by atoms with Crippen LogP contribution in [0.4, 0.5) is 5.82 Å². The number of hydrogen-bond donors (Lipinski definition) is 0. The molecule has 3 aromatic rings. The van der Waals surface area contributed by atoms with Gasteiger partial charge in [0.25, 0.3) is 0 Å². The smallest absolute Gasteiger partial charge is 0.168 e. The quantitative estimate of drug-likeness (QED) is 0.388. The van der Waals surface area contributed by atoms with Gasteiger partial charge in [0, 0.05) is 19.7 Å². The molecule has 0 radical (unpaired) electrons. The van der Waals surface area contributed by atoms with E-state index in [2.05, 4.69) is 10.1 Å². The number of hydrogen-bond acceptors (Lipinski definition) is 4. The minimum absolute atomic E-state index is 0.442. The van der Waals surface area contributed by atoms with Crippen LogP contribution in [0.1, 0.15) is 10.4 Å². The molecule has 0 aliphatic rings. The summed E-state index contributed by atoms with van der Waals surface area (Å²) >= 11 is 0. The number of benzene rings is 2. The fourth-order valence-electron chi connectivity index (χ4n) is 2.54. The van der Waals surface area contributed by atoms with Crippen LogP contribution in [0.2, 0.25) is 0 Å². The van der Waals surface area contributed by atoms with Crippen molar-refractivity contribution < 1.29 is 9.53 Å². The first-order chi connectivity index (χ1) is 12.6. The average molecular weight is 348 g/mol. The monoisotopic (exact) mass is 348 g/mol. The van der Waals surface area contributed by atoms with Gasteiger partial charge >= 0.3 is 0 Å². The minimum Gasteiger partial charge on any atom is -0.497 e. The summed E-state index contributed by atoms with van der Waals surface area (Å²) in [4.78, 5) is 18.2. The van der Waals surface area contributed by atoms with E-state index in [0.717, 1.165) is 23.3 Å². The third-order valence-electron chi connectivity index (χ3n) is 3.79. The van der Waals surface area contributed by atoms with Crippen molar-refractivity contribution in [3.8, 4) is 22.7 Å². The maximum atomic E-state index is 11.9. The Hall–Kier alpha value is -3.41. The highest BCUT2D eigenvalue weighted by molar-refractivity contribution is 5.92. The molecule has 2 aromatic carbocycles. The largest absolute Gasteiger partial charge is 0.497 e. The Bertz CT molecular complexity index is 913. The molecule has 132 valence electrons. The van der Waals surface area contributed by atoms with Crippen molar-refractivity contribution in [1.29, 1.82) is 0 Å². The fourth-order valence-corrected chi connectivity index (χ4v) is 2.54. The molecule has 0 aliphatic heterocycles. The Balaban J connectivity index is 2.20. The third-order valence-corrected chi connectivity index (χ3v) is 3.79. The lowest BCUT2D eigenvalue weighted by Crippen LogP contribution is -2.07. The van der Waals surface area contributed by atoms with Gasteiger partial charge in [0.15, 0.2) is 12.1 Å². The van der Waals surface area contributed by atoms with E-state index in [4.69, 9.17) is 4.74 Å². The molecule has 0 spiro atoms. The number of carbonyl (C=O) groups is 1. The molecule has 1 aromatic heterocycles. The van der Waals surface area contributed by atoms with Crippen LogP contribution in [0, 0.1) is 0 Å². The molecular formula is C20H20N4O2. The second-order valence-electron chi connectivity index (χ2n) is 5.89. The first kappa shape index (κ1) is 17.4. The van der Waals surface area contributed by atoms with Crippen LogP contribution < -0.4 is 4.74 Å². The van der Waals surface area contributed by atoms with Crippen molar-refractivity contribution in [2.45, 2.75) is 0 Å². The molecule has 0 N–H and O–H groups in total. The summed E-state index contributed by atoms with van der Waals surface area (Å²) in [5, 5.41) is 4.67. The number of nitrogens with zero attached hydrogens (tertiary/aromatic N) is 4. The van der Waals surface area contributed by atoms with Crippen LogP contribution in [-0.4, -0.2) is 48.5 Å². The van der Waals surface area contributed by atoms with Gasteiger partial charge < -0.3 is 9.64 Å². The van der Waals surface area contributed by atoms with E-state index in [1.807, 2.05) is 73.6 Å². The summed E-state index contributed by atoms with van der Waals surface area (Å²) in [7, 11) is 5.36. The highest BCUT2D eigenvalue weighted by atomic mass is 16.5. The summed E-state index contributed by atoms with van der Waals surface area (Å²) < 4.78 is 6.88. The zero-order chi connectivity index (χ0) is 18.5. The predicted molar refractivity (Wildman–Crippen MR) is 103 cm³/mol. The summed E-state index contributed by atoms with van der Waals surface area (Å²) in [6, 6.07) is 17.1. The van der Waals surface area contributed by atoms with Crippen LogP contribution >= 0.6 is 0 Å². The maximum absolute atomic E-state index is 11.9. The maximum Gasteiger partial charge on any atom is 0.168 e. The van der Waals surface area contributed by atoms with Crippen LogP contribution in [0.3, 0.4) is 0 Å². The Kier molecular flexibility index (Phi) is 5.12. The number of aldehydes is 1. The van der Waals surface area contributed by atoms with Gasteiger partial charge in [-0.2, -0.15) is 5.10 Å². The summed E-state index contributed by atoms with van der Waals surface area (Å²) in [6.07, 6.45) is 2.45. The number of aromatic nitrogens is 2. The molecule has 1 heterocycles. The van der Waals surface area contributed by atoms with Gasteiger partial charge in [-0.3, -0.25) is 4.79 Å². The molecule has 26 heavy (non-hydrogen) atoms. The van der Waals surface area contributed by atoms with E-state index >= 15 is 0 Å². The van der Waals surface area contributed by atoms with Gasteiger partial charge in [-0.25, -0.2) is 9.67 Å². The van der Waals surface area contributed by atoms with Gasteiger partial charge in [-0.05, 0) is 36.4 Å². The molecule has 0 saturated heterocycles. The van der Waals surface area contributed by atoms with Crippen molar-refractivity contribution in [1.82, 2.24) is 14.7 Å². The number of aliphatic imine (C=N–C) groups is 1. The van der Waals surface area contributed by atoms with E-state index in [9.17, 15) is 4.79 Å². The minimum atomic E-state index is 0.442. The topological polar surface area (TPSA) is 59.7 Å². The molecule has 0 fully saturated rings. The Morgan fingerprint density at radius 2 is 1.77 bits per heavy atom. The molecule has 0 amide bonds. The predicted octanol–water partition coefficient (Wildman–Crippen LogP) is 3.58. The number of para-hydroxylation sites is 1. The van der Waals surface area contributed by atoms with E-state index < -0.39 is 0 Å². The van der Waals surface area contributed by atoms with Crippen molar-refractivity contribution in [2.75, 3.05) is 21.2 Å². The summed E-state index contributed by atoms with van der Waals surface area (Å²) in [5.74, 6) is 1.24. The third kappa shape index (κ3) is 3.49. The normalized spacial score (nSPS) is 10.9. The van der Waals surface area contributed by atoms with Gasteiger partial charge in [0.2, 0.25) is 0 Å². The van der Waals surface area contributed by atoms with Crippen molar-refractivity contribution in [3.05, 3.63) is 60.2 Å². The molecule has 0 atom stereocenters. The average Bonchev–Trinajstić information content (AvgIpc) is 3.05. The lowest BCUT2D eigenvalue weighted by molar-refractivity contribution is 0.112. The van der Waals surface area contributed by atoms with Crippen LogP contribution in [-0.2, 0) is 0 Å². The standard InChI is InChI=1S/C20H20N4O2/c1-23(2)14-21-20-18(13-25)19(15-9-11-17(26-3)12-10-15)22-24(20)16-7-5-4-6-8-16/h4-14H,1-3H3/b21-14+. The Labute approximate surface area is 152 Å². The van der Waals surface area contributed by atoms with Crippen molar-refractivity contribution in [2.24, 2.45) is 4.99 Å². The zero-order valence-electron chi connectivity index (χ0n) is 15.0. The van der Waals surface area contributed by atoms with Crippen LogP contribution in [0.15, 0.2) is 59.6 Å². The Morgan fingerprint density at radius 1 is 1.08 bits per heavy atom. The number of rotatable bonds is 6. The van der Waals surface area contributed by atoms with E-state index in [0.29, 0.717) is 17.1 Å². The van der Waals surface area contributed by atoms with E-state index in [1.54, 1.807) is 18.1 Å². The molecular weight excluding hydrogens is 328 g/mol. The van der Waals surface area contributed by atoms with Gasteiger partial charge in [0.05, 0.1) is 24.7 Å². The molecule has 0 bridgehead atoms. The SMILES string of the molecule is COc1ccc(-c2nn(-c3ccccc3)c(/N=C/N(C)C)c2C=O)cc1. The number of methoxy groups -OCH3 is 1. The van der Waals surface area contributed by atoms with Crippen molar-refractivity contribution in [3.63, 3.8) is 0 Å². The van der Waals surface area contributed by atoms with Gasteiger partial charge in [0.1, 0.15) is 11.4 Å². The highest BCUT2D eigenvalue weighted by Gasteiger charge is 2.19. The molecule has 3 rings (SSSR count). The Morgan fingerprint density at radius 3 is 2.35 bits per heavy atom. The second-order valence-corrected chi connectivity index (χ2v) is 5.89. The lowest BCUT2D eigenvalue weighted by Gasteiger charge is -2.06. The van der Waals surface area contributed by atoms with E-state index in [1.165, 1.54) is 0 Å². The van der Waals surface area contributed by atoms with E-state index in [-0.39, 0.29) is 0 Å². The first-order valence-corrected chi connectivity index (χ1v) is 8.12. The molecule has 0 unspecified atom stereocenters. The van der Waals surface area contributed by atoms with Crippen molar-refractivity contribution >= 4 is 18.4 Å². The molecule has 6 heteroatoms. The molecule has 0 saturated carbocycles. The second kappa shape index (κ2) is 7.65. The van der Waals surface area contributed by atoms with Crippen LogP contribution in [0.25, 0.3) is 16.9 Å². The van der Waals surface area contributed by atoms with Crippen LogP contribution in [0.5, 0.6) is 5.75 Å². The number of carbonyl (C=O) groups excluding carboxylic acids is 1. The molecule has 6 nitrogen and oxygen atoms in total. The first-order valence-electron chi connectivity index (χ1n) is 8.12. The zero-order valence-corrected chi connectivity index (χ0v) is 15.0. The van der Waals surface area contributed by atoms with Gasteiger partial charge in [-0.15, -0.1) is 0 Å². The summed E-state index contributed by atoms with van der Waals surface area (Å²) in [5.41, 5.74) is 2.68. The fraction of sp³-hybridized carbons (Fsp3) is 0.150. The highest BCUT2D eigenvalue weighted by Crippen LogP contribution is 2.32. The molecule has 0 aliphatic carbocycles. The number of ether oxygens (including phenoxy) is 1. The summed E-state index contributed by atoms with van der Waals surface area (Å²) in [6.45, 7) is 0. The lowest BCUT2D eigenvalue weighted by atomic mass is 10.1.